The first-order valence-corrected chi connectivity index (χ1v) is 8.01. The Hall–Kier alpha value is 0.463. The predicted octanol–water partition coefficient (Wildman–Crippen LogP) is -0.311. The molecule has 56 valence electrons. The molecule has 0 aromatic carbocycles. The molecule has 9 heavy (non-hydrogen) atoms. The van der Waals surface area contributed by atoms with Gasteiger partial charge in [-0.3, -0.25) is 0 Å². The average molecular weight is 191 g/mol. The number of nitrogens with two attached hydrogens (primary N) is 2. The molecule has 0 aromatic rings. The van der Waals surface area contributed by atoms with Crippen molar-refractivity contribution in [1.29, 1.82) is 0 Å². The van der Waals surface area contributed by atoms with E-state index in [9.17, 15) is 0 Å². The molecule has 0 heterocycles. The normalized spacial score (nSPS) is 10.0. The molecule has 2 nitrogen and oxygen atoms in total. The van der Waals surface area contributed by atoms with Gasteiger partial charge < -0.3 is 0 Å². The van der Waals surface area contributed by atoms with Crippen molar-refractivity contribution in [2.24, 2.45) is 11.5 Å². The van der Waals surface area contributed by atoms with Gasteiger partial charge in [0, 0.05) is 0 Å². The van der Waals surface area contributed by atoms with Crippen LogP contribution in [0.15, 0.2) is 0 Å². The molecule has 0 fully saturated rings. The summed E-state index contributed by atoms with van der Waals surface area (Å²) in [5, 5.41) is 2.92. The fourth-order valence-electron chi connectivity index (χ4n) is 0.819. The monoisotopic (exact) mass is 192 g/mol. The Morgan fingerprint density at radius 2 is 1.33 bits per heavy atom. The second-order valence-electron chi connectivity index (χ2n) is 2.35. The fourth-order valence-corrected chi connectivity index (χ4v) is 4.26. The van der Waals surface area contributed by atoms with Crippen molar-refractivity contribution in [1.82, 2.24) is 0 Å². The molecule has 3 heteroatoms. The molecule has 0 aliphatic heterocycles. The molecule has 0 aliphatic carbocycles. The van der Waals surface area contributed by atoms with Crippen LogP contribution in [-0.2, 0) is 0 Å². The van der Waals surface area contributed by atoms with E-state index in [0.29, 0.717) is 0 Å². The Bertz CT molecular complexity index is 44.3. The van der Waals surface area contributed by atoms with Gasteiger partial charge in [0.2, 0.25) is 0 Å². The van der Waals surface area contributed by atoms with Gasteiger partial charge in [0.25, 0.3) is 0 Å². The number of hydrogen-bond donors (Lipinski definition) is 2. The van der Waals surface area contributed by atoms with Crippen LogP contribution < -0.4 is 11.5 Å². The summed E-state index contributed by atoms with van der Waals surface area (Å²) in [5.74, 6) is 0. The van der Waals surface area contributed by atoms with Crippen molar-refractivity contribution in [2.75, 3.05) is 13.1 Å². The molecule has 0 saturated heterocycles. The van der Waals surface area contributed by atoms with Crippen LogP contribution >= 0.6 is 0 Å². The Labute approximate surface area is 63.8 Å². The van der Waals surface area contributed by atoms with Crippen LogP contribution in [0.2, 0.25) is 10.5 Å². The minimum absolute atomic E-state index is 0.145. The first-order chi connectivity index (χ1) is 4.41. The van der Waals surface area contributed by atoms with E-state index in [-0.39, 0.29) is 15.4 Å². The van der Waals surface area contributed by atoms with Gasteiger partial charge in [0.05, 0.1) is 0 Å². The van der Waals surface area contributed by atoms with E-state index in [1.807, 2.05) is 0 Å². The van der Waals surface area contributed by atoms with Crippen molar-refractivity contribution < 1.29 is 0 Å². The van der Waals surface area contributed by atoms with E-state index >= 15 is 0 Å². The summed E-state index contributed by atoms with van der Waals surface area (Å²) in [6.07, 6.45) is 2.51. The van der Waals surface area contributed by atoms with Crippen LogP contribution in [0, 0.1) is 0 Å². The van der Waals surface area contributed by atoms with Gasteiger partial charge >= 0.3 is 63.3 Å². The third kappa shape index (κ3) is 8.46. The minimum atomic E-state index is -0.145. The summed E-state index contributed by atoms with van der Waals surface area (Å²) in [4.78, 5) is 0. The fraction of sp³-hybridized carbons (Fsp3) is 1.00. The van der Waals surface area contributed by atoms with E-state index in [2.05, 4.69) is 0 Å². The Morgan fingerprint density at radius 3 is 1.67 bits per heavy atom. The first kappa shape index (κ1) is 9.46. The second kappa shape index (κ2) is 8.46. The van der Waals surface area contributed by atoms with E-state index in [1.54, 1.807) is 0 Å². The van der Waals surface area contributed by atoms with Crippen molar-refractivity contribution in [2.45, 2.75) is 23.3 Å². The molecule has 0 bridgehead atoms. The van der Waals surface area contributed by atoms with Crippen LogP contribution in [-0.4, -0.2) is 28.5 Å². The zero-order valence-corrected chi connectivity index (χ0v) is 9.07. The van der Waals surface area contributed by atoms with E-state index in [4.69, 9.17) is 11.5 Å². The molecule has 0 unspecified atom stereocenters. The summed E-state index contributed by atoms with van der Waals surface area (Å²) in [5.41, 5.74) is 10.7. The molecule has 0 rings (SSSR count). The summed E-state index contributed by atoms with van der Waals surface area (Å²) in [6, 6.07) is 0. The summed E-state index contributed by atoms with van der Waals surface area (Å²) in [6.45, 7) is 1.77. The maximum atomic E-state index is 5.35. The van der Waals surface area contributed by atoms with E-state index < -0.39 is 0 Å². The topological polar surface area (TPSA) is 52.0 Å². The molecule has 0 aromatic heterocycles. The van der Waals surface area contributed by atoms with E-state index in [1.165, 1.54) is 23.3 Å². The summed E-state index contributed by atoms with van der Waals surface area (Å²) < 4.78 is 0. The second-order valence-corrected chi connectivity index (χ2v) is 6.80. The summed E-state index contributed by atoms with van der Waals surface area (Å²) >= 11 is -0.145. The van der Waals surface area contributed by atoms with Crippen molar-refractivity contribution >= 4 is 15.4 Å². The molecule has 0 spiro atoms. The van der Waals surface area contributed by atoms with Crippen molar-refractivity contribution in [3.63, 3.8) is 0 Å². The average Bonchev–Trinajstić information content (AvgIpc) is 1.89. The van der Waals surface area contributed by atoms with Gasteiger partial charge in [-0.1, -0.05) is 0 Å². The molecule has 0 amide bonds. The predicted molar refractivity (Wildman–Crippen MR) is 45.5 cm³/mol. The molecule has 0 radical (unpaired) electrons. The standard InChI is InChI=1S/C6H18GeN2/c8-5-1-3-7-4-2-6-9/h1-9H2. The van der Waals surface area contributed by atoms with Gasteiger partial charge in [0.1, 0.15) is 0 Å². The zero-order chi connectivity index (χ0) is 6.95. The van der Waals surface area contributed by atoms with Crippen LogP contribution in [0.1, 0.15) is 12.8 Å². The van der Waals surface area contributed by atoms with Crippen LogP contribution in [0.25, 0.3) is 0 Å². The Balaban J connectivity index is 2.60. The summed E-state index contributed by atoms with van der Waals surface area (Å²) in [7, 11) is 0. The molecule has 0 atom stereocenters. The third-order valence-corrected chi connectivity index (χ3v) is 5.60. The SMILES string of the molecule is NCC[CH2][GeH2][CH2]CCN. The molecule has 4 N–H and O–H groups in total. The van der Waals surface area contributed by atoms with Crippen molar-refractivity contribution in [3.05, 3.63) is 0 Å². The van der Waals surface area contributed by atoms with Gasteiger partial charge in [-0.05, 0) is 0 Å². The van der Waals surface area contributed by atoms with Crippen LogP contribution in [0.5, 0.6) is 0 Å². The molecular formula is C6H18GeN2. The van der Waals surface area contributed by atoms with Crippen molar-refractivity contribution in [3.8, 4) is 0 Å². The quantitative estimate of drug-likeness (QED) is 0.446. The number of rotatable bonds is 6. The third-order valence-electron chi connectivity index (χ3n) is 1.41. The van der Waals surface area contributed by atoms with Gasteiger partial charge in [-0.2, -0.15) is 0 Å². The van der Waals surface area contributed by atoms with Gasteiger partial charge in [-0.15, -0.1) is 0 Å². The molecule has 0 saturated carbocycles. The Kier molecular flexibility index (Phi) is 8.90. The Morgan fingerprint density at radius 1 is 0.889 bits per heavy atom. The van der Waals surface area contributed by atoms with Crippen LogP contribution in [0.3, 0.4) is 0 Å². The molecular weight excluding hydrogens is 173 g/mol. The maximum absolute atomic E-state index is 5.35. The first-order valence-electron chi connectivity index (χ1n) is 3.82. The van der Waals surface area contributed by atoms with E-state index in [0.717, 1.165) is 13.1 Å². The van der Waals surface area contributed by atoms with Gasteiger partial charge in [0.15, 0.2) is 0 Å². The van der Waals surface area contributed by atoms with Crippen LogP contribution in [0.4, 0.5) is 0 Å². The molecule has 0 aliphatic rings. The number of hydrogen-bond acceptors (Lipinski definition) is 2. The zero-order valence-electron chi connectivity index (χ0n) is 6.10. The van der Waals surface area contributed by atoms with Gasteiger partial charge in [-0.25, -0.2) is 0 Å².